The van der Waals surface area contributed by atoms with Crippen LogP contribution in [0.3, 0.4) is 0 Å². The van der Waals surface area contributed by atoms with Crippen LogP contribution in [0.5, 0.6) is 0 Å². The molecule has 0 radical (unpaired) electrons. The summed E-state index contributed by atoms with van der Waals surface area (Å²) in [4.78, 5) is 13.2. The zero-order valence-electron chi connectivity index (χ0n) is 13.4. The number of nitriles is 1. The van der Waals surface area contributed by atoms with Gasteiger partial charge in [-0.05, 0) is 38.5 Å². The van der Waals surface area contributed by atoms with Crippen molar-refractivity contribution >= 4 is 17.1 Å². The Morgan fingerprint density at radius 2 is 1.96 bits per heavy atom. The highest BCUT2D eigenvalue weighted by Crippen LogP contribution is 2.27. The van der Waals surface area contributed by atoms with Crippen LogP contribution in [-0.2, 0) is 9.47 Å². The van der Waals surface area contributed by atoms with Gasteiger partial charge in [-0.3, -0.25) is 4.57 Å². The molecule has 4 heterocycles. The van der Waals surface area contributed by atoms with Crippen molar-refractivity contribution in [1.29, 1.82) is 5.26 Å². The minimum atomic E-state index is -0.106. The Kier molecular flexibility index (Phi) is 4.28. The molecule has 2 atom stereocenters. The summed E-state index contributed by atoms with van der Waals surface area (Å²) < 4.78 is 13.4. The molecular formula is C16H20N6O2. The molecule has 2 aromatic heterocycles. The van der Waals surface area contributed by atoms with E-state index >= 15 is 0 Å². The fraction of sp³-hybridized carbons (Fsp3) is 0.625. The van der Waals surface area contributed by atoms with Crippen molar-refractivity contribution in [3.05, 3.63) is 12.0 Å². The summed E-state index contributed by atoms with van der Waals surface area (Å²) in [7, 11) is 0. The standard InChI is InChI=1S/C16H20N6O2/c17-9-11-14-15(22(10-18-14)13-6-2-4-8-24-13)21-16(19-11)20-12-5-1-3-7-23-12/h10,12-13H,1-8H2,(H,19,20,21). The molecule has 2 aromatic rings. The number of rotatable bonds is 3. The van der Waals surface area contributed by atoms with Gasteiger partial charge >= 0.3 is 0 Å². The Labute approximate surface area is 139 Å². The molecule has 2 fully saturated rings. The number of anilines is 1. The maximum absolute atomic E-state index is 9.41. The van der Waals surface area contributed by atoms with Gasteiger partial charge in [-0.1, -0.05) is 0 Å². The van der Waals surface area contributed by atoms with Gasteiger partial charge in [-0.2, -0.15) is 15.2 Å². The summed E-state index contributed by atoms with van der Waals surface area (Å²) in [6.07, 6.45) is 7.71. The minimum absolute atomic E-state index is 0.0797. The number of ether oxygens (including phenoxy) is 2. The molecule has 0 aliphatic carbocycles. The van der Waals surface area contributed by atoms with E-state index in [2.05, 4.69) is 26.3 Å². The van der Waals surface area contributed by atoms with Crippen LogP contribution in [0.25, 0.3) is 11.2 Å². The predicted octanol–water partition coefficient (Wildman–Crippen LogP) is 2.34. The lowest BCUT2D eigenvalue weighted by Crippen LogP contribution is -2.28. The van der Waals surface area contributed by atoms with Gasteiger partial charge in [0.2, 0.25) is 5.95 Å². The number of fused-ring (bicyclic) bond motifs is 1. The van der Waals surface area contributed by atoms with Crippen LogP contribution in [0.1, 0.15) is 50.4 Å². The highest BCUT2D eigenvalue weighted by Gasteiger charge is 2.22. The Morgan fingerprint density at radius 1 is 1.12 bits per heavy atom. The van der Waals surface area contributed by atoms with Crippen molar-refractivity contribution in [2.75, 3.05) is 18.5 Å². The zero-order chi connectivity index (χ0) is 16.4. The Bertz CT molecular complexity index is 756. The summed E-state index contributed by atoms with van der Waals surface area (Å²) in [5, 5.41) is 12.6. The highest BCUT2D eigenvalue weighted by atomic mass is 16.5. The normalized spacial score (nSPS) is 24.6. The molecule has 0 spiro atoms. The first-order valence-electron chi connectivity index (χ1n) is 8.49. The predicted molar refractivity (Wildman–Crippen MR) is 86.1 cm³/mol. The lowest BCUT2D eigenvalue weighted by atomic mass is 10.2. The monoisotopic (exact) mass is 328 g/mol. The number of nitrogens with zero attached hydrogens (tertiary/aromatic N) is 5. The third kappa shape index (κ3) is 2.92. The first kappa shape index (κ1) is 15.3. The van der Waals surface area contributed by atoms with E-state index in [0.29, 0.717) is 17.1 Å². The number of hydrogen-bond donors (Lipinski definition) is 1. The van der Waals surface area contributed by atoms with Crippen molar-refractivity contribution in [1.82, 2.24) is 19.5 Å². The van der Waals surface area contributed by atoms with Gasteiger partial charge in [-0.15, -0.1) is 0 Å². The SMILES string of the molecule is N#Cc1nc(NC2CCCCO2)nc2c1ncn2C1CCCCO1. The number of aromatic nitrogens is 4. The van der Waals surface area contributed by atoms with E-state index in [9.17, 15) is 5.26 Å². The number of nitrogens with one attached hydrogen (secondary N) is 1. The lowest BCUT2D eigenvalue weighted by molar-refractivity contribution is -0.0298. The molecular weight excluding hydrogens is 308 g/mol. The van der Waals surface area contributed by atoms with Crippen molar-refractivity contribution in [3.8, 4) is 6.07 Å². The molecule has 0 amide bonds. The molecule has 2 aliphatic heterocycles. The highest BCUT2D eigenvalue weighted by molar-refractivity contribution is 5.77. The smallest absolute Gasteiger partial charge is 0.228 e. The maximum Gasteiger partial charge on any atom is 0.228 e. The van der Waals surface area contributed by atoms with Crippen LogP contribution in [0.15, 0.2) is 6.33 Å². The molecule has 126 valence electrons. The first-order chi connectivity index (χ1) is 11.8. The van der Waals surface area contributed by atoms with Gasteiger partial charge in [-0.25, -0.2) is 4.98 Å². The Hall–Kier alpha value is -2.24. The van der Waals surface area contributed by atoms with E-state index in [4.69, 9.17) is 9.47 Å². The summed E-state index contributed by atoms with van der Waals surface area (Å²) >= 11 is 0. The summed E-state index contributed by atoms with van der Waals surface area (Å²) in [5.41, 5.74) is 1.42. The van der Waals surface area contributed by atoms with E-state index in [0.717, 1.165) is 51.7 Å². The van der Waals surface area contributed by atoms with Crippen molar-refractivity contribution in [2.24, 2.45) is 0 Å². The molecule has 4 rings (SSSR count). The maximum atomic E-state index is 9.41. The molecule has 2 saturated heterocycles. The fourth-order valence-electron chi connectivity index (χ4n) is 3.21. The van der Waals surface area contributed by atoms with Crippen LogP contribution in [0.2, 0.25) is 0 Å². The largest absolute Gasteiger partial charge is 0.359 e. The minimum Gasteiger partial charge on any atom is -0.359 e. The third-order valence-electron chi connectivity index (χ3n) is 4.46. The van der Waals surface area contributed by atoms with E-state index in [1.165, 1.54) is 0 Å². The summed E-state index contributed by atoms with van der Waals surface area (Å²) in [5.74, 6) is 0.406. The van der Waals surface area contributed by atoms with Crippen LogP contribution in [0.4, 0.5) is 5.95 Å². The first-order valence-corrected chi connectivity index (χ1v) is 8.49. The zero-order valence-corrected chi connectivity index (χ0v) is 13.4. The average molecular weight is 328 g/mol. The Morgan fingerprint density at radius 3 is 2.67 bits per heavy atom. The van der Waals surface area contributed by atoms with Crippen LogP contribution >= 0.6 is 0 Å². The van der Waals surface area contributed by atoms with E-state index in [-0.39, 0.29) is 18.1 Å². The lowest BCUT2D eigenvalue weighted by Gasteiger charge is -2.24. The topological polar surface area (TPSA) is 97.9 Å². The van der Waals surface area contributed by atoms with Gasteiger partial charge in [0.1, 0.15) is 24.0 Å². The van der Waals surface area contributed by atoms with Crippen molar-refractivity contribution in [3.63, 3.8) is 0 Å². The van der Waals surface area contributed by atoms with Crippen LogP contribution < -0.4 is 5.32 Å². The molecule has 8 nitrogen and oxygen atoms in total. The van der Waals surface area contributed by atoms with Crippen molar-refractivity contribution < 1.29 is 9.47 Å². The molecule has 0 aromatic carbocycles. The van der Waals surface area contributed by atoms with Gasteiger partial charge in [0.25, 0.3) is 0 Å². The quantitative estimate of drug-likeness (QED) is 0.923. The molecule has 24 heavy (non-hydrogen) atoms. The van der Waals surface area contributed by atoms with Crippen molar-refractivity contribution in [2.45, 2.75) is 51.0 Å². The average Bonchev–Trinajstić information content (AvgIpc) is 3.06. The molecule has 2 aliphatic rings. The number of hydrogen-bond acceptors (Lipinski definition) is 7. The second-order valence-electron chi connectivity index (χ2n) is 6.15. The molecule has 2 unspecified atom stereocenters. The van der Waals surface area contributed by atoms with Crippen LogP contribution in [-0.4, -0.2) is 39.0 Å². The van der Waals surface area contributed by atoms with E-state index in [1.807, 2.05) is 4.57 Å². The third-order valence-corrected chi connectivity index (χ3v) is 4.46. The number of imidazole rings is 1. The van der Waals surface area contributed by atoms with E-state index < -0.39 is 0 Å². The van der Waals surface area contributed by atoms with Gasteiger partial charge < -0.3 is 14.8 Å². The summed E-state index contributed by atoms with van der Waals surface area (Å²) in [6, 6.07) is 2.12. The fourth-order valence-corrected chi connectivity index (χ4v) is 3.21. The second kappa shape index (κ2) is 6.71. The Balaban J connectivity index is 1.68. The summed E-state index contributed by atoms with van der Waals surface area (Å²) in [6.45, 7) is 1.47. The van der Waals surface area contributed by atoms with Crippen LogP contribution in [0, 0.1) is 11.3 Å². The second-order valence-corrected chi connectivity index (χ2v) is 6.15. The van der Waals surface area contributed by atoms with Gasteiger partial charge in [0.15, 0.2) is 11.3 Å². The molecule has 1 N–H and O–H groups in total. The molecule has 8 heteroatoms. The van der Waals surface area contributed by atoms with Gasteiger partial charge in [0, 0.05) is 13.2 Å². The molecule has 0 saturated carbocycles. The van der Waals surface area contributed by atoms with Gasteiger partial charge in [0.05, 0.1) is 6.33 Å². The van der Waals surface area contributed by atoms with E-state index in [1.54, 1.807) is 6.33 Å². The molecule has 0 bridgehead atoms.